The van der Waals surface area contributed by atoms with Gasteiger partial charge in [-0.05, 0) is 24.2 Å². The van der Waals surface area contributed by atoms with E-state index in [2.05, 4.69) is 15.5 Å². The second-order valence-corrected chi connectivity index (χ2v) is 4.03. The molecule has 1 atom stereocenters. The summed E-state index contributed by atoms with van der Waals surface area (Å²) in [6.07, 6.45) is 3.23. The number of hydrogen-bond acceptors (Lipinski definition) is 4. The molecule has 100 valence electrons. The van der Waals surface area contributed by atoms with Crippen molar-refractivity contribution < 1.29 is 9.13 Å². The maximum atomic E-state index is 14.3. The smallest absolute Gasteiger partial charge is 0.170 e. The number of methoxy groups -OCH3 is 1. The van der Waals surface area contributed by atoms with E-state index in [1.807, 2.05) is 13.0 Å². The summed E-state index contributed by atoms with van der Waals surface area (Å²) in [7, 11) is 1.46. The summed E-state index contributed by atoms with van der Waals surface area (Å²) in [4.78, 5) is 0. The van der Waals surface area contributed by atoms with E-state index in [0.717, 1.165) is 5.56 Å². The average Bonchev–Trinajstić information content (AvgIpc) is 2.46. The van der Waals surface area contributed by atoms with Gasteiger partial charge in [0.25, 0.3) is 0 Å². The van der Waals surface area contributed by atoms with Crippen molar-refractivity contribution in [3.63, 3.8) is 0 Å². The molecule has 0 aliphatic carbocycles. The van der Waals surface area contributed by atoms with Gasteiger partial charge in [-0.15, -0.1) is 0 Å². The van der Waals surface area contributed by atoms with Crippen molar-refractivity contribution in [3.05, 3.63) is 53.6 Å². The standard InChI is InChI=1S/C14H16FN3O/c1-3-16-14(10-7-8-17-18-9-10)11-5-4-6-12(19-2)13(11)15/h4-9,14,16H,3H2,1-2H3. The molecule has 1 N–H and O–H groups in total. The molecule has 0 aliphatic rings. The molecule has 1 aromatic heterocycles. The molecular weight excluding hydrogens is 245 g/mol. The third-order valence-corrected chi connectivity index (χ3v) is 2.87. The van der Waals surface area contributed by atoms with Crippen molar-refractivity contribution in [3.8, 4) is 5.75 Å². The minimum atomic E-state index is -0.354. The first-order valence-corrected chi connectivity index (χ1v) is 6.10. The van der Waals surface area contributed by atoms with Crippen molar-refractivity contribution in [1.29, 1.82) is 0 Å². The van der Waals surface area contributed by atoms with Crippen LogP contribution in [0.3, 0.4) is 0 Å². The first-order chi connectivity index (χ1) is 9.27. The van der Waals surface area contributed by atoms with Gasteiger partial charge in [-0.3, -0.25) is 0 Å². The molecule has 0 fully saturated rings. The number of halogens is 1. The van der Waals surface area contributed by atoms with E-state index in [9.17, 15) is 4.39 Å². The van der Waals surface area contributed by atoms with E-state index in [0.29, 0.717) is 12.1 Å². The highest BCUT2D eigenvalue weighted by molar-refractivity contribution is 5.37. The molecule has 0 amide bonds. The van der Waals surface area contributed by atoms with E-state index >= 15 is 0 Å². The fraction of sp³-hybridized carbons (Fsp3) is 0.286. The predicted octanol–water partition coefficient (Wildman–Crippen LogP) is 2.32. The zero-order valence-corrected chi connectivity index (χ0v) is 10.9. The van der Waals surface area contributed by atoms with Gasteiger partial charge in [0.1, 0.15) is 0 Å². The summed E-state index contributed by atoms with van der Waals surface area (Å²) >= 11 is 0. The molecule has 0 saturated heterocycles. The third-order valence-electron chi connectivity index (χ3n) is 2.87. The summed E-state index contributed by atoms with van der Waals surface area (Å²) in [5.74, 6) is -0.116. The Balaban J connectivity index is 2.45. The van der Waals surface area contributed by atoms with Gasteiger partial charge in [-0.1, -0.05) is 19.1 Å². The van der Waals surface area contributed by atoms with Crippen molar-refractivity contribution in [1.82, 2.24) is 15.5 Å². The lowest BCUT2D eigenvalue weighted by molar-refractivity contribution is 0.381. The van der Waals surface area contributed by atoms with Crippen LogP contribution in [0, 0.1) is 5.82 Å². The third kappa shape index (κ3) is 2.88. The highest BCUT2D eigenvalue weighted by atomic mass is 19.1. The molecule has 0 bridgehead atoms. The Morgan fingerprint density at radius 1 is 1.32 bits per heavy atom. The number of ether oxygens (including phenoxy) is 1. The lowest BCUT2D eigenvalue weighted by atomic mass is 9.99. The van der Waals surface area contributed by atoms with Gasteiger partial charge in [0.05, 0.1) is 19.3 Å². The zero-order chi connectivity index (χ0) is 13.7. The van der Waals surface area contributed by atoms with Crippen LogP contribution in [-0.4, -0.2) is 23.9 Å². The highest BCUT2D eigenvalue weighted by Gasteiger charge is 2.19. The Kier molecular flexibility index (Phi) is 4.41. The van der Waals surface area contributed by atoms with Gasteiger partial charge in [0, 0.05) is 11.8 Å². The van der Waals surface area contributed by atoms with Gasteiger partial charge in [-0.25, -0.2) is 4.39 Å². The molecule has 2 rings (SSSR count). The fourth-order valence-electron chi connectivity index (χ4n) is 1.99. The molecule has 19 heavy (non-hydrogen) atoms. The van der Waals surface area contributed by atoms with Crippen LogP contribution in [0.2, 0.25) is 0 Å². The maximum absolute atomic E-state index is 14.3. The normalized spacial score (nSPS) is 12.2. The molecule has 4 nitrogen and oxygen atoms in total. The molecule has 5 heteroatoms. The number of benzene rings is 1. The van der Waals surface area contributed by atoms with Crippen LogP contribution in [0.15, 0.2) is 36.7 Å². The molecule has 0 aliphatic heterocycles. The van der Waals surface area contributed by atoms with Gasteiger partial charge >= 0.3 is 0 Å². The fourth-order valence-corrected chi connectivity index (χ4v) is 1.99. The topological polar surface area (TPSA) is 47.0 Å². The summed E-state index contributed by atoms with van der Waals surface area (Å²) in [6, 6.07) is 6.67. The highest BCUT2D eigenvalue weighted by Crippen LogP contribution is 2.28. The van der Waals surface area contributed by atoms with Gasteiger partial charge < -0.3 is 10.1 Å². The molecule has 1 heterocycles. The summed E-state index contributed by atoms with van der Waals surface area (Å²) in [5.41, 5.74) is 1.40. The second kappa shape index (κ2) is 6.24. The molecule has 1 aromatic carbocycles. The van der Waals surface area contributed by atoms with Gasteiger partial charge in [-0.2, -0.15) is 10.2 Å². The van der Waals surface area contributed by atoms with Crippen molar-refractivity contribution in [2.75, 3.05) is 13.7 Å². The van der Waals surface area contributed by atoms with Crippen LogP contribution >= 0.6 is 0 Å². The van der Waals surface area contributed by atoms with Crippen LogP contribution in [0.4, 0.5) is 4.39 Å². The van der Waals surface area contributed by atoms with Crippen LogP contribution in [0.25, 0.3) is 0 Å². The Morgan fingerprint density at radius 2 is 2.16 bits per heavy atom. The Morgan fingerprint density at radius 3 is 2.79 bits per heavy atom. The Hall–Kier alpha value is -2.01. The van der Waals surface area contributed by atoms with Crippen molar-refractivity contribution in [2.45, 2.75) is 13.0 Å². The van der Waals surface area contributed by atoms with Crippen LogP contribution in [0.1, 0.15) is 24.1 Å². The molecule has 1 unspecified atom stereocenters. The number of nitrogens with zero attached hydrogens (tertiary/aromatic N) is 2. The molecule has 0 saturated carbocycles. The van der Waals surface area contributed by atoms with E-state index in [1.165, 1.54) is 7.11 Å². The largest absolute Gasteiger partial charge is 0.494 e. The van der Waals surface area contributed by atoms with Crippen LogP contribution < -0.4 is 10.1 Å². The van der Waals surface area contributed by atoms with Crippen LogP contribution in [-0.2, 0) is 0 Å². The number of nitrogens with one attached hydrogen (secondary N) is 1. The zero-order valence-electron chi connectivity index (χ0n) is 10.9. The number of aromatic nitrogens is 2. The summed E-state index contributed by atoms with van der Waals surface area (Å²) in [5, 5.41) is 10.8. The summed E-state index contributed by atoms with van der Waals surface area (Å²) < 4.78 is 19.4. The van der Waals surface area contributed by atoms with E-state index in [4.69, 9.17) is 4.74 Å². The number of hydrogen-bond donors (Lipinski definition) is 1. The van der Waals surface area contributed by atoms with E-state index < -0.39 is 0 Å². The SMILES string of the molecule is CCNC(c1ccnnc1)c1cccc(OC)c1F. The minimum absolute atomic E-state index is 0.238. The molecular formula is C14H16FN3O. The van der Waals surface area contributed by atoms with Crippen molar-refractivity contribution in [2.24, 2.45) is 0 Å². The van der Waals surface area contributed by atoms with Gasteiger partial charge in [0.15, 0.2) is 11.6 Å². The lowest BCUT2D eigenvalue weighted by Crippen LogP contribution is -2.23. The Labute approximate surface area is 111 Å². The minimum Gasteiger partial charge on any atom is -0.494 e. The van der Waals surface area contributed by atoms with Crippen molar-refractivity contribution >= 4 is 0 Å². The average molecular weight is 261 g/mol. The predicted molar refractivity (Wildman–Crippen MR) is 70.5 cm³/mol. The Bertz CT molecular complexity index is 533. The summed E-state index contributed by atoms with van der Waals surface area (Å²) in [6.45, 7) is 2.68. The maximum Gasteiger partial charge on any atom is 0.170 e. The second-order valence-electron chi connectivity index (χ2n) is 4.03. The monoisotopic (exact) mass is 261 g/mol. The first-order valence-electron chi connectivity index (χ1n) is 6.10. The van der Waals surface area contributed by atoms with Crippen LogP contribution in [0.5, 0.6) is 5.75 Å². The van der Waals surface area contributed by atoms with Gasteiger partial charge in [0.2, 0.25) is 0 Å². The molecule has 0 radical (unpaired) electrons. The molecule has 0 spiro atoms. The van der Waals surface area contributed by atoms with E-state index in [-0.39, 0.29) is 17.6 Å². The quantitative estimate of drug-likeness (QED) is 0.897. The first kappa shape index (κ1) is 13.4. The van der Waals surface area contributed by atoms with E-state index in [1.54, 1.807) is 30.6 Å². The molecule has 2 aromatic rings. The lowest BCUT2D eigenvalue weighted by Gasteiger charge is -2.19. The number of rotatable bonds is 5.